The van der Waals surface area contributed by atoms with Gasteiger partial charge in [0.25, 0.3) is 6.10 Å². The number of carbonyl (C=O) groups excluding carboxylic acids is 3. The number of rotatable bonds is 6. The fourth-order valence-electron chi connectivity index (χ4n) is 4.28. The summed E-state index contributed by atoms with van der Waals surface area (Å²) in [7, 11) is -6.93. The third-order valence-corrected chi connectivity index (χ3v) is 10.4. The molecule has 3 saturated heterocycles. The third-order valence-electron chi connectivity index (χ3n) is 5.80. The number of fused-ring (bicyclic) bond motifs is 1. The number of carbonyl (C=O) groups is 3. The Morgan fingerprint density at radius 3 is 2.24 bits per heavy atom. The van der Waals surface area contributed by atoms with Gasteiger partial charge < -0.3 is 23.5 Å². The van der Waals surface area contributed by atoms with Crippen LogP contribution in [0.4, 0.5) is 22.0 Å². The lowest BCUT2D eigenvalue weighted by Gasteiger charge is -2.32. The highest BCUT2D eigenvalue weighted by molar-refractivity contribution is 14.1. The number of esters is 3. The maximum absolute atomic E-state index is 13.8. The van der Waals surface area contributed by atoms with Gasteiger partial charge in [0.05, 0.1) is 5.56 Å². The van der Waals surface area contributed by atoms with Gasteiger partial charge in [-0.15, -0.1) is 0 Å². The second kappa shape index (κ2) is 9.76. The molecule has 3 fully saturated rings. The predicted octanol–water partition coefficient (Wildman–Crippen LogP) is 2.58. The molecule has 3 aliphatic heterocycles. The summed E-state index contributed by atoms with van der Waals surface area (Å²) in [5, 5.41) is -6.08. The summed E-state index contributed by atoms with van der Waals surface area (Å²) in [5.41, 5.74) is 0.0807. The largest absolute Gasteiger partial charge is 0.743 e. The quantitative estimate of drug-likeness (QED) is 0.104. The van der Waals surface area contributed by atoms with Crippen LogP contribution in [0, 0.1) is 22.5 Å². The number of ether oxygens (including phenoxy) is 4. The van der Waals surface area contributed by atoms with E-state index in [-0.39, 0.29) is 5.56 Å². The van der Waals surface area contributed by atoms with Crippen LogP contribution in [0.15, 0.2) is 12.1 Å². The number of benzene rings is 1. The molecule has 0 aromatic heterocycles. The molecule has 0 aliphatic carbocycles. The molecule has 1 aromatic rings. The van der Waals surface area contributed by atoms with E-state index in [0.29, 0.717) is 10.7 Å². The van der Waals surface area contributed by atoms with Crippen molar-refractivity contribution in [3.63, 3.8) is 0 Å². The van der Waals surface area contributed by atoms with Crippen LogP contribution in [0.3, 0.4) is 0 Å². The van der Waals surface area contributed by atoms with Crippen LogP contribution < -0.4 is 0 Å². The van der Waals surface area contributed by atoms with Crippen LogP contribution in [-0.2, 0) is 38.7 Å². The Hall–Kier alpha value is -0.660. The van der Waals surface area contributed by atoms with Gasteiger partial charge in [-0.25, -0.2) is 13.2 Å². The molecular weight excluding hydrogens is 884 g/mol. The first-order valence-electron chi connectivity index (χ1n) is 9.68. The molecule has 2 bridgehead atoms. The summed E-state index contributed by atoms with van der Waals surface area (Å²) >= 11 is 5.76. The van der Waals surface area contributed by atoms with Gasteiger partial charge in [0.1, 0.15) is 24.0 Å². The van der Waals surface area contributed by atoms with E-state index in [2.05, 4.69) is 4.74 Å². The number of hydrogen-bond acceptors (Lipinski definition) is 10. The van der Waals surface area contributed by atoms with E-state index in [9.17, 15) is 49.3 Å². The van der Waals surface area contributed by atoms with Crippen LogP contribution in [-0.4, -0.2) is 72.8 Å². The average Bonchev–Trinajstić information content (AvgIpc) is 3.36. The van der Waals surface area contributed by atoms with Crippen molar-refractivity contribution >= 4 is 95.8 Å². The molecule has 37 heavy (non-hydrogen) atoms. The van der Waals surface area contributed by atoms with Crippen LogP contribution in [0.2, 0.25) is 0 Å². The molecule has 3 aliphatic rings. The first-order chi connectivity index (χ1) is 16.9. The molecule has 204 valence electrons. The summed E-state index contributed by atoms with van der Waals surface area (Å²) in [6, 6.07) is 3.22. The molecule has 0 amide bonds. The monoisotopic (exact) mass is 893 g/mol. The molecule has 7 unspecified atom stereocenters. The molecule has 0 N–H and O–H groups in total. The number of alkyl halides is 5. The minimum absolute atomic E-state index is 0.0807. The normalized spacial score (nSPS) is 29.7. The summed E-state index contributed by atoms with van der Waals surface area (Å²) < 4.78 is 121. The first-order valence-corrected chi connectivity index (χ1v) is 14.3. The molecular formula is C18H9F5I3O10S-. The Labute approximate surface area is 244 Å². The number of hydrogen-bond donors (Lipinski definition) is 0. The minimum atomic E-state index is -6.93. The Morgan fingerprint density at radius 2 is 1.68 bits per heavy atom. The smallest absolute Gasteiger partial charge is 0.432 e. The first kappa shape index (κ1) is 29.3. The molecule has 10 nitrogen and oxygen atoms in total. The maximum atomic E-state index is 13.8. The maximum Gasteiger partial charge on any atom is 0.432 e. The van der Waals surface area contributed by atoms with Gasteiger partial charge in [-0.1, -0.05) is 0 Å². The second-order valence-electron chi connectivity index (χ2n) is 8.01. The van der Waals surface area contributed by atoms with Gasteiger partial charge >= 0.3 is 29.3 Å². The highest BCUT2D eigenvalue weighted by atomic mass is 127. The fraction of sp³-hybridized carbons (Fsp3) is 0.500. The molecule has 0 radical (unpaired) electrons. The zero-order valence-electron chi connectivity index (χ0n) is 17.2. The fourth-order valence-corrected chi connectivity index (χ4v) is 7.10. The molecule has 4 rings (SSSR count). The van der Waals surface area contributed by atoms with E-state index in [1.54, 1.807) is 6.07 Å². The molecule has 0 spiro atoms. The number of halogens is 8. The highest BCUT2D eigenvalue weighted by Crippen LogP contribution is 2.52. The van der Waals surface area contributed by atoms with Gasteiger partial charge in [0.2, 0.25) is 0 Å². The van der Waals surface area contributed by atoms with Crippen LogP contribution in [0.1, 0.15) is 10.4 Å². The van der Waals surface area contributed by atoms with Crippen molar-refractivity contribution in [3.8, 4) is 0 Å². The summed E-state index contributed by atoms with van der Waals surface area (Å²) in [6.45, 7) is 0. The molecule has 1 aromatic carbocycles. The lowest BCUT2D eigenvalue weighted by atomic mass is 9.78. The van der Waals surface area contributed by atoms with Crippen molar-refractivity contribution in [2.24, 2.45) is 11.8 Å². The van der Waals surface area contributed by atoms with Crippen molar-refractivity contribution in [2.45, 2.75) is 42.0 Å². The van der Waals surface area contributed by atoms with E-state index in [1.165, 1.54) is 6.07 Å². The van der Waals surface area contributed by atoms with E-state index in [0.717, 1.165) is 0 Å². The zero-order chi connectivity index (χ0) is 27.8. The van der Waals surface area contributed by atoms with Crippen LogP contribution in [0.25, 0.3) is 0 Å². The standard InChI is InChI=1S/C18H10F5I3O10S/c19-17(20,21)16(18(22,23)37(30,31)32)36-15(29)7-6-9-12(35-14(6)28)11(10(7)33-9)34-13(27)4-1-3(24)2-5(25)8(4)26/h1-2,6-7,9-12,16H,(H,30,31,32)/p-1. The average molecular weight is 893 g/mol. The molecule has 3 heterocycles. The Balaban J connectivity index is 1.63. The highest BCUT2D eigenvalue weighted by Gasteiger charge is 2.73. The van der Waals surface area contributed by atoms with E-state index < -0.39 is 81.8 Å². The van der Waals surface area contributed by atoms with Gasteiger partial charge in [-0.2, -0.15) is 22.0 Å². The van der Waals surface area contributed by atoms with Crippen LogP contribution in [0.5, 0.6) is 0 Å². The van der Waals surface area contributed by atoms with Crippen LogP contribution >= 0.6 is 67.8 Å². The molecule has 0 saturated carbocycles. The zero-order valence-corrected chi connectivity index (χ0v) is 24.5. The Bertz CT molecular complexity index is 1290. The van der Waals surface area contributed by atoms with E-state index in [1.807, 2.05) is 67.8 Å². The van der Waals surface area contributed by atoms with Crippen molar-refractivity contribution in [1.82, 2.24) is 0 Å². The third kappa shape index (κ3) is 5.03. The summed E-state index contributed by atoms with van der Waals surface area (Å²) in [6.07, 6.45) is -16.5. The minimum Gasteiger partial charge on any atom is -0.743 e. The second-order valence-corrected chi connectivity index (χ2v) is 13.0. The van der Waals surface area contributed by atoms with E-state index >= 15 is 0 Å². The van der Waals surface area contributed by atoms with Gasteiger partial charge in [-0.3, -0.25) is 9.59 Å². The van der Waals surface area contributed by atoms with Crippen molar-refractivity contribution < 1.29 is 68.3 Å². The lowest BCUT2D eigenvalue weighted by Crippen LogP contribution is -2.54. The Kier molecular flexibility index (Phi) is 7.74. The summed E-state index contributed by atoms with van der Waals surface area (Å²) in [4.78, 5) is 37.9. The summed E-state index contributed by atoms with van der Waals surface area (Å²) in [5.74, 6) is -7.84. The predicted molar refractivity (Wildman–Crippen MR) is 130 cm³/mol. The molecule has 19 heteroatoms. The van der Waals surface area contributed by atoms with Crippen molar-refractivity contribution in [1.29, 1.82) is 0 Å². The van der Waals surface area contributed by atoms with Gasteiger partial charge in [0, 0.05) is 10.7 Å². The van der Waals surface area contributed by atoms with Crippen molar-refractivity contribution in [3.05, 3.63) is 28.4 Å². The molecule has 7 atom stereocenters. The van der Waals surface area contributed by atoms with Gasteiger partial charge in [-0.05, 0) is 79.9 Å². The van der Waals surface area contributed by atoms with Gasteiger partial charge in [0.15, 0.2) is 22.3 Å². The SMILES string of the molecule is O=C(OC1C2OC(=O)C3C2OC1C3C(=O)OC(C(F)(F)F)C(F)(F)S(=O)(=O)[O-])c1cc(I)cc(I)c1I. The topological polar surface area (TPSA) is 145 Å². The van der Waals surface area contributed by atoms with Crippen molar-refractivity contribution in [2.75, 3.05) is 0 Å². The lowest BCUT2D eigenvalue weighted by molar-refractivity contribution is -0.261. The Morgan fingerprint density at radius 1 is 1.05 bits per heavy atom. The van der Waals surface area contributed by atoms with E-state index in [4.69, 9.17) is 14.2 Å².